The highest BCUT2D eigenvalue weighted by molar-refractivity contribution is 7.96. The molecule has 0 heterocycles. The van der Waals surface area contributed by atoms with E-state index in [4.69, 9.17) is 9.47 Å². The molecule has 0 aromatic heterocycles. The van der Waals surface area contributed by atoms with Crippen LogP contribution in [-0.2, 0) is 19.1 Å². The van der Waals surface area contributed by atoms with Crippen molar-refractivity contribution in [1.82, 2.24) is 4.31 Å². The molecule has 6 heteroatoms. The van der Waals surface area contributed by atoms with E-state index in [9.17, 15) is 9.59 Å². The summed E-state index contributed by atoms with van der Waals surface area (Å²) in [5.74, 6) is 1.28. The largest absolute Gasteiger partial charge is 0.466 e. The average Bonchev–Trinajstić information content (AvgIpc) is 2.77. The van der Waals surface area contributed by atoms with E-state index < -0.39 is 0 Å². The third-order valence-electron chi connectivity index (χ3n) is 5.77. The highest BCUT2D eigenvalue weighted by atomic mass is 32.2. The van der Waals surface area contributed by atoms with Gasteiger partial charge in [-0.3, -0.25) is 9.59 Å². The van der Waals surface area contributed by atoms with Gasteiger partial charge in [-0.25, -0.2) is 4.31 Å². The quantitative estimate of drug-likeness (QED) is 0.0848. The number of ether oxygens (including phenoxy) is 2. The minimum atomic E-state index is -0.148. The predicted molar refractivity (Wildman–Crippen MR) is 141 cm³/mol. The van der Waals surface area contributed by atoms with E-state index in [1.807, 2.05) is 10.6 Å². The molecule has 196 valence electrons. The first-order valence-electron chi connectivity index (χ1n) is 13.5. The van der Waals surface area contributed by atoms with Crippen LogP contribution in [0, 0.1) is 11.8 Å². The molecule has 0 aromatic rings. The van der Waals surface area contributed by atoms with Gasteiger partial charge in [0.15, 0.2) is 0 Å². The molecule has 0 saturated carbocycles. The molecule has 0 saturated heterocycles. The Kier molecular flexibility index (Phi) is 22.5. The second-order valence-corrected chi connectivity index (χ2v) is 10.8. The summed E-state index contributed by atoms with van der Waals surface area (Å²) in [5, 5.41) is 0. The number of rotatable bonds is 23. The molecule has 0 aliphatic heterocycles. The predicted octanol–water partition coefficient (Wildman–Crippen LogP) is 7.43. The van der Waals surface area contributed by atoms with Gasteiger partial charge in [0.2, 0.25) is 0 Å². The average molecular weight is 488 g/mol. The summed E-state index contributed by atoms with van der Waals surface area (Å²) in [6.45, 7) is 11.3. The van der Waals surface area contributed by atoms with Gasteiger partial charge in [0.1, 0.15) is 0 Å². The maximum absolute atomic E-state index is 12.0. The van der Waals surface area contributed by atoms with E-state index >= 15 is 0 Å². The first kappa shape index (κ1) is 32.2. The lowest BCUT2D eigenvalue weighted by Gasteiger charge is -2.18. The number of carbonyl (C=O) groups is 2. The van der Waals surface area contributed by atoms with Gasteiger partial charge in [-0.1, -0.05) is 104 Å². The Morgan fingerprint density at radius 2 is 1.00 bits per heavy atom. The van der Waals surface area contributed by atoms with Crippen molar-refractivity contribution < 1.29 is 19.1 Å². The molecule has 0 aliphatic rings. The normalized spacial score (nSPS) is 11.5. The Morgan fingerprint density at radius 1 is 0.636 bits per heavy atom. The molecular weight excluding hydrogens is 434 g/mol. The van der Waals surface area contributed by atoms with Crippen LogP contribution >= 0.6 is 11.9 Å². The Morgan fingerprint density at radius 3 is 1.36 bits per heavy atom. The van der Waals surface area contributed by atoms with Crippen LogP contribution < -0.4 is 0 Å². The van der Waals surface area contributed by atoms with Crippen LogP contribution in [0.2, 0.25) is 0 Å². The molecule has 0 rings (SSSR count). The van der Waals surface area contributed by atoms with Crippen LogP contribution in [0.3, 0.4) is 0 Å². The van der Waals surface area contributed by atoms with E-state index in [0.29, 0.717) is 39.1 Å². The molecule has 0 fully saturated rings. The van der Waals surface area contributed by atoms with Gasteiger partial charge in [0.25, 0.3) is 0 Å². The van der Waals surface area contributed by atoms with E-state index in [0.717, 1.165) is 37.5 Å². The Bertz CT molecular complexity index is 431. The first-order chi connectivity index (χ1) is 15.8. The lowest BCUT2D eigenvalue weighted by molar-refractivity contribution is -0.144. The van der Waals surface area contributed by atoms with Gasteiger partial charge in [-0.2, -0.15) is 0 Å². The van der Waals surface area contributed by atoms with Crippen molar-refractivity contribution in [3.63, 3.8) is 0 Å². The number of carbonyl (C=O) groups excluding carboxylic acids is 2. The molecule has 0 N–H and O–H groups in total. The Hall–Kier alpha value is -0.750. The molecule has 0 aromatic carbocycles. The zero-order valence-electron chi connectivity index (χ0n) is 22.4. The molecule has 0 bridgehead atoms. The van der Waals surface area contributed by atoms with Crippen molar-refractivity contribution in [2.24, 2.45) is 11.8 Å². The zero-order chi connectivity index (χ0) is 24.7. The third kappa shape index (κ3) is 24.2. The van der Waals surface area contributed by atoms with Crippen LogP contribution in [-0.4, -0.2) is 48.8 Å². The second-order valence-electron chi connectivity index (χ2n) is 9.95. The number of unbranched alkanes of at least 4 members (excludes halogenated alkanes) is 8. The highest BCUT2D eigenvalue weighted by Crippen LogP contribution is 2.12. The van der Waals surface area contributed by atoms with Gasteiger partial charge in [-0.05, 0) is 30.9 Å². The van der Waals surface area contributed by atoms with E-state index in [2.05, 4.69) is 27.7 Å². The first-order valence-corrected chi connectivity index (χ1v) is 14.6. The lowest BCUT2D eigenvalue weighted by atomic mass is 10.0. The van der Waals surface area contributed by atoms with Crippen LogP contribution in [0.25, 0.3) is 0 Å². The number of hydrogen-bond acceptors (Lipinski definition) is 6. The van der Waals surface area contributed by atoms with E-state index in [-0.39, 0.29) is 11.9 Å². The van der Waals surface area contributed by atoms with E-state index in [1.165, 1.54) is 51.4 Å². The third-order valence-corrected chi connectivity index (χ3v) is 6.65. The number of hydrogen-bond donors (Lipinski definition) is 0. The summed E-state index contributed by atoms with van der Waals surface area (Å²) in [6.07, 6.45) is 17.0. The van der Waals surface area contributed by atoms with Crippen molar-refractivity contribution in [2.45, 2.75) is 118 Å². The summed E-state index contributed by atoms with van der Waals surface area (Å²) >= 11 is 1.55. The van der Waals surface area contributed by atoms with Crippen LogP contribution in [0.1, 0.15) is 118 Å². The highest BCUT2D eigenvalue weighted by Gasteiger charge is 2.11. The fourth-order valence-electron chi connectivity index (χ4n) is 3.61. The molecule has 0 radical (unpaired) electrons. The molecule has 0 spiro atoms. The maximum atomic E-state index is 12.0. The molecule has 33 heavy (non-hydrogen) atoms. The van der Waals surface area contributed by atoms with Gasteiger partial charge in [0, 0.05) is 13.1 Å². The molecule has 0 amide bonds. The van der Waals surface area contributed by atoms with Crippen molar-refractivity contribution in [1.29, 1.82) is 0 Å². The molecular formula is C27H53NO4S. The standard InChI is InChI=1S/C27H53NO4S/c1-24(2)16-12-8-6-10-14-22-31-26(29)18-20-28(33-5)21-19-27(30)32-23-15-11-7-9-13-17-25(3)4/h24-25H,6-23H2,1-5H3. The van der Waals surface area contributed by atoms with Gasteiger partial charge >= 0.3 is 11.9 Å². The lowest BCUT2D eigenvalue weighted by Crippen LogP contribution is -2.24. The van der Waals surface area contributed by atoms with Gasteiger partial charge in [0.05, 0.1) is 26.1 Å². The number of esters is 2. The summed E-state index contributed by atoms with van der Waals surface area (Å²) in [4.78, 5) is 23.9. The number of nitrogens with zero attached hydrogens (tertiary/aromatic N) is 1. The van der Waals surface area contributed by atoms with Crippen LogP contribution in [0.5, 0.6) is 0 Å². The molecule has 0 aliphatic carbocycles. The van der Waals surface area contributed by atoms with E-state index in [1.54, 1.807) is 11.9 Å². The summed E-state index contributed by atoms with van der Waals surface area (Å²) in [7, 11) is 0. The summed E-state index contributed by atoms with van der Waals surface area (Å²) in [6, 6.07) is 0. The summed E-state index contributed by atoms with van der Waals surface area (Å²) < 4.78 is 12.7. The van der Waals surface area contributed by atoms with Crippen molar-refractivity contribution in [3.8, 4) is 0 Å². The maximum Gasteiger partial charge on any atom is 0.307 e. The van der Waals surface area contributed by atoms with Crippen LogP contribution in [0.15, 0.2) is 0 Å². The topological polar surface area (TPSA) is 55.8 Å². The fourth-order valence-corrected chi connectivity index (χ4v) is 4.16. The second kappa shape index (κ2) is 23.0. The zero-order valence-corrected chi connectivity index (χ0v) is 23.2. The molecule has 0 unspecified atom stereocenters. The van der Waals surface area contributed by atoms with Crippen molar-refractivity contribution >= 4 is 23.9 Å². The molecule has 5 nitrogen and oxygen atoms in total. The minimum absolute atomic E-state index is 0.148. The fraction of sp³-hybridized carbons (Fsp3) is 0.926. The molecule has 0 atom stereocenters. The Balaban J connectivity index is 3.63. The van der Waals surface area contributed by atoms with Crippen molar-refractivity contribution in [3.05, 3.63) is 0 Å². The SMILES string of the molecule is CSN(CCC(=O)OCCCCCCCC(C)C)CCC(=O)OCCCCCCCC(C)C. The monoisotopic (exact) mass is 487 g/mol. The Labute approximate surface area is 209 Å². The van der Waals surface area contributed by atoms with Gasteiger partial charge in [-0.15, -0.1) is 0 Å². The summed E-state index contributed by atoms with van der Waals surface area (Å²) in [5.41, 5.74) is 0. The van der Waals surface area contributed by atoms with Crippen LogP contribution in [0.4, 0.5) is 0 Å². The van der Waals surface area contributed by atoms with Crippen molar-refractivity contribution in [2.75, 3.05) is 32.6 Å². The smallest absolute Gasteiger partial charge is 0.307 e. The van der Waals surface area contributed by atoms with Gasteiger partial charge < -0.3 is 9.47 Å². The minimum Gasteiger partial charge on any atom is -0.466 e.